The predicted octanol–water partition coefficient (Wildman–Crippen LogP) is 5.94. The second kappa shape index (κ2) is 11.0. The summed E-state index contributed by atoms with van der Waals surface area (Å²) in [6.07, 6.45) is -4.87. The first kappa shape index (κ1) is 28.3. The van der Waals surface area contributed by atoms with E-state index in [0.717, 1.165) is 24.8 Å². The molecule has 0 aliphatic rings. The molecule has 196 valence electrons. The number of nitrogens with zero attached hydrogens (tertiary/aromatic N) is 1. The van der Waals surface area contributed by atoms with Crippen molar-refractivity contribution in [2.45, 2.75) is 18.0 Å². The molecule has 1 amide bonds. The van der Waals surface area contributed by atoms with Gasteiger partial charge in [-0.1, -0.05) is 40.9 Å². The molecule has 0 spiro atoms. The lowest BCUT2D eigenvalue weighted by Crippen LogP contribution is -2.38. The third kappa shape index (κ3) is 6.54. The molecule has 0 unspecified atom stereocenters. The Balaban J connectivity index is 2.03. The van der Waals surface area contributed by atoms with E-state index in [2.05, 4.69) is 10.1 Å². The number of halogens is 5. The lowest BCUT2D eigenvalue weighted by molar-refractivity contribution is -0.137. The monoisotopic (exact) mass is 574 g/mol. The number of alkyl halides is 3. The van der Waals surface area contributed by atoms with Crippen LogP contribution >= 0.6 is 23.2 Å². The van der Waals surface area contributed by atoms with Crippen molar-refractivity contribution in [3.8, 4) is 0 Å². The van der Waals surface area contributed by atoms with E-state index < -0.39 is 50.9 Å². The van der Waals surface area contributed by atoms with Crippen molar-refractivity contribution >= 4 is 56.5 Å². The number of sulfonamides is 1. The van der Waals surface area contributed by atoms with Crippen LogP contribution in [-0.2, 0) is 25.7 Å². The molecule has 3 aromatic rings. The molecule has 1 N–H and O–H groups in total. The van der Waals surface area contributed by atoms with Gasteiger partial charge in [-0.15, -0.1) is 0 Å². The highest BCUT2D eigenvalue weighted by molar-refractivity contribution is 7.92. The van der Waals surface area contributed by atoms with Gasteiger partial charge in [0.05, 0.1) is 38.9 Å². The molecule has 0 aliphatic carbocycles. The second-order valence-electron chi connectivity index (χ2n) is 7.72. The largest absolute Gasteiger partial charge is 0.465 e. The Morgan fingerprint density at radius 1 is 0.973 bits per heavy atom. The van der Waals surface area contributed by atoms with E-state index in [0.29, 0.717) is 10.4 Å². The third-order valence-electron chi connectivity index (χ3n) is 5.09. The van der Waals surface area contributed by atoms with Crippen LogP contribution in [0.4, 0.5) is 24.5 Å². The maximum atomic E-state index is 13.5. The number of esters is 1. The van der Waals surface area contributed by atoms with Gasteiger partial charge in [0, 0.05) is 5.69 Å². The molecule has 7 nitrogen and oxygen atoms in total. The van der Waals surface area contributed by atoms with Crippen LogP contribution in [0.25, 0.3) is 0 Å². The van der Waals surface area contributed by atoms with E-state index in [-0.39, 0.29) is 21.2 Å². The van der Waals surface area contributed by atoms with Gasteiger partial charge in [-0.05, 0) is 55.5 Å². The number of methoxy groups -OCH3 is 1. The van der Waals surface area contributed by atoms with Crippen LogP contribution in [0.2, 0.25) is 10.0 Å². The van der Waals surface area contributed by atoms with Crippen molar-refractivity contribution in [3.05, 3.63) is 87.4 Å². The van der Waals surface area contributed by atoms with Crippen LogP contribution in [0.3, 0.4) is 0 Å². The summed E-state index contributed by atoms with van der Waals surface area (Å²) in [5.41, 5.74) is -0.929. The molecule has 0 saturated heterocycles. The number of benzene rings is 3. The first-order valence-corrected chi connectivity index (χ1v) is 12.6. The number of nitrogens with one attached hydrogen (secondary N) is 1. The summed E-state index contributed by atoms with van der Waals surface area (Å²) in [5.74, 6) is -1.68. The number of aryl methyl sites for hydroxylation is 1. The van der Waals surface area contributed by atoms with Crippen molar-refractivity contribution in [2.24, 2.45) is 0 Å². The van der Waals surface area contributed by atoms with E-state index in [1.165, 1.54) is 42.5 Å². The van der Waals surface area contributed by atoms with Crippen molar-refractivity contribution in [3.63, 3.8) is 0 Å². The highest BCUT2D eigenvalue weighted by atomic mass is 35.5. The van der Waals surface area contributed by atoms with Crippen molar-refractivity contribution in [1.82, 2.24) is 0 Å². The molecule has 0 saturated carbocycles. The normalized spacial score (nSPS) is 11.6. The highest BCUT2D eigenvalue weighted by Gasteiger charge is 2.35. The quantitative estimate of drug-likeness (QED) is 0.352. The molecular formula is C24H19Cl2F3N2O5S. The van der Waals surface area contributed by atoms with Crippen LogP contribution < -0.4 is 9.62 Å². The van der Waals surface area contributed by atoms with Crippen LogP contribution in [0.1, 0.15) is 21.5 Å². The fourth-order valence-electron chi connectivity index (χ4n) is 3.24. The molecule has 37 heavy (non-hydrogen) atoms. The maximum absolute atomic E-state index is 13.5. The molecule has 0 aliphatic heterocycles. The number of anilines is 2. The molecule has 13 heteroatoms. The van der Waals surface area contributed by atoms with Crippen molar-refractivity contribution in [1.29, 1.82) is 0 Å². The number of carbonyl (C=O) groups is 2. The minimum Gasteiger partial charge on any atom is -0.465 e. The summed E-state index contributed by atoms with van der Waals surface area (Å²) < 4.78 is 72.5. The van der Waals surface area contributed by atoms with Crippen LogP contribution in [0.15, 0.2) is 65.6 Å². The summed E-state index contributed by atoms with van der Waals surface area (Å²) in [6, 6.07) is 12.0. The SMILES string of the molecule is COC(=O)c1cc(NC(=O)CN(c2ccc(Cl)c(C(F)(F)F)c2)S(=O)(=O)c2ccc(C)cc2)ccc1Cl. The number of carbonyl (C=O) groups excluding carboxylic acids is 2. The molecule has 0 fully saturated rings. The number of hydrogen-bond donors (Lipinski definition) is 1. The number of hydrogen-bond acceptors (Lipinski definition) is 5. The highest BCUT2D eigenvalue weighted by Crippen LogP contribution is 2.38. The Morgan fingerprint density at radius 2 is 1.59 bits per heavy atom. The van der Waals surface area contributed by atoms with Gasteiger partial charge in [0.15, 0.2) is 0 Å². The van der Waals surface area contributed by atoms with Crippen LogP contribution in [0.5, 0.6) is 0 Å². The van der Waals surface area contributed by atoms with E-state index in [4.69, 9.17) is 23.2 Å². The topological polar surface area (TPSA) is 92.8 Å². The Labute approximate surface area is 220 Å². The van der Waals surface area contributed by atoms with Gasteiger partial charge in [-0.2, -0.15) is 13.2 Å². The molecule has 3 aromatic carbocycles. The lowest BCUT2D eigenvalue weighted by Gasteiger charge is -2.25. The van der Waals surface area contributed by atoms with E-state index in [1.807, 2.05) is 0 Å². The van der Waals surface area contributed by atoms with Gasteiger partial charge in [0.1, 0.15) is 6.54 Å². The van der Waals surface area contributed by atoms with E-state index in [9.17, 15) is 31.2 Å². The average Bonchev–Trinajstić information content (AvgIpc) is 2.83. The Morgan fingerprint density at radius 3 is 2.19 bits per heavy atom. The zero-order chi connectivity index (χ0) is 27.5. The Kier molecular flexibility index (Phi) is 8.41. The molecular weight excluding hydrogens is 556 g/mol. The summed E-state index contributed by atoms with van der Waals surface area (Å²) in [6.45, 7) is 0.830. The van der Waals surface area contributed by atoms with Gasteiger partial charge in [-0.3, -0.25) is 9.10 Å². The second-order valence-corrected chi connectivity index (χ2v) is 10.4. The Bertz CT molecular complexity index is 1450. The minimum atomic E-state index is -4.87. The van der Waals surface area contributed by atoms with Crippen LogP contribution in [-0.4, -0.2) is 33.9 Å². The molecule has 0 radical (unpaired) electrons. The van der Waals surface area contributed by atoms with Gasteiger partial charge >= 0.3 is 12.1 Å². The summed E-state index contributed by atoms with van der Waals surface area (Å²) >= 11 is 11.7. The van der Waals surface area contributed by atoms with Crippen molar-refractivity contribution in [2.75, 3.05) is 23.3 Å². The number of ether oxygens (including phenoxy) is 1. The molecule has 0 bridgehead atoms. The van der Waals surface area contributed by atoms with Crippen molar-refractivity contribution < 1.29 is 35.9 Å². The summed E-state index contributed by atoms with van der Waals surface area (Å²) in [5, 5.41) is 1.83. The average molecular weight is 575 g/mol. The Hall–Kier alpha value is -3.28. The smallest absolute Gasteiger partial charge is 0.417 e. The minimum absolute atomic E-state index is 0.0502. The first-order valence-electron chi connectivity index (χ1n) is 10.4. The third-order valence-corrected chi connectivity index (χ3v) is 7.54. The van der Waals surface area contributed by atoms with Crippen LogP contribution in [0, 0.1) is 6.92 Å². The fourth-order valence-corrected chi connectivity index (χ4v) is 5.07. The van der Waals surface area contributed by atoms with Gasteiger partial charge in [-0.25, -0.2) is 13.2 Å². The zero-order valence-electron chi connectivity index (χ0n) is 19.3. The van der Waals surface area contributed by atoms with Gasteiger partial charge < -0.3 is 10.1 Å². The lowest BCUT2D eigenvalue weighted by atomic mass is 10.2. The molecule has 0 aromatic heterocycles. The van der Waals surface area contributed by atoms with Gasteiger partial charge in [0.2, 0.25) is 5.91 Å². The molecule has 0 atom stereocenters. The van der Waals surface area contributed by atoms with E-state index in [1.54, 1.807) is 6.92 Å². The fraction of sp³-hybridized carbons (Fsp3) is 0.167. The zero-order valence-corrected chi connectivity index (χ0v) is 21.6. The summed E-state index contributed by atoms with van der Waals surface area (Å²) in [4.78, 5) is 24.5. The first-order chi connectivity index (χ1) is 17.2. The van der Waals surface area contributed by atoms with Gasteiger partial charge in [0.25, 0.3) is 10.0 Å². The molecule has 0 heterocycles. The number of amides is 1. The molecule has 3 rings (SSSR count). The summed E-state index contributed by atoms with van der Waals surface area (Å²) in [7, 11) is -3.36. The number of rotatable bonds is 7. The van der Waals surface area contributed by atoms with E-state index >= 15 is 0 Å². The maximum Gasteiger partial charge on any atom is 0.417 e. The standard InChI is InChI=1S/C24H19Cl2F3N2O5S/c1-14-3-7-17(8-4-14)37(34,35)31(16-6-10-21(26)19(12-16)24(27,28)29)13-22(32)30-15-5-9-20(25)18(11-15)23(33)36-2/h3-12H,13H2,1-2H3,(H,30,32). The predicted molar refractivity (Wildman–Crippen MR) is 134 cm³/mol.